The zero-order valence-electron chi connectivity index (χ0n) is 12.6. The third kappa shape index (κ3) is 3.16. The Kier molecular flexibility index (Phi) is 4.24. The molecule has 3 nitrogen and oxygen atoms in total. The van der Waals surface area contributed by atoms with Crippen LogP contribution >= 0.6 is 23.4 Å². The average molecular weight is 353 g/mol. The predicted molar refractivity (Wildman–Crippen MR) is 98.3 cm³/mol. The summed E-state index contributed by atoms with van der Waals surface area (Å²) >= 11 is 7.80. The number of benzene rings is 1. The molecule has 0 unspecified atom stereocenters. The van der Waals surface area contributed by atoms with Gasteiger partial charge in [0.05, 0.1) is 10.6 Å². The Morgan fingerprint density at radius 1 is 1.04 bits per heavy atom. The second-order valence-electron chi connectivity index (χ2n) is 5.30. The van der Waals surface area contributed by atoms with Crippen LogP contribution in [0.2, 0.25) is 5.02 Å². The fourth-order valence-electron chi connectivity index (χ4n) is 2.47. The molecule has 0 saturated carbocycles. The van der Waals surface area contributed by atoms with E-state index in [1.54, 1.807) is 24.2 Å². The van der Waals surface area contributed by atoms with Gasteiger partial charge in [0.25, 0.3) is 0 Å². The molecule has 0 aliphatic heterocycles. The normalized spacial score (nSPS) is 11.0. The van der Waals surface area contributed by atoms with E-state index in [9.17, 15) is 0 Å². The molecule has 0 N–H and O–H groups in total. The first-order valence-electron chi connectivity index (χ1n) is 7.46. The van der Waals surface area contributed by atoms with Crippen LogP contribution in [0.5, 0.6) is 0 Å². The zero-order valence-corrected chi connectivity index (χ0v) is 14.2. The van der Waals surface area contributed by atoms with E-state index < -0.39 is 0 Å². The molecule has 3 aromatic heterocycles. The van der Waals surface area contributed by atoms with Crippen molar-refractivity contribution in [3.05, 3.63) is 77.7 Å². The lowest BCUT2D eigenvalue weighted by molar-refractivity contribution is 0.629. The van der Waals surface area contributed by atoms with E-state index in [0.717, 1.165) is 38.6 Å². The number of fused-ring (bicyclic) bond motifs is 1. The van der Waals surface area contributed by atoms with Crippen LogP contribution in [-0.2, 0) is 5.75 Å². The maximum absolute atomic E-state index is 6.16. The molecule has 0 atom stereocenters. The molecular weight excluding hydrogens is 340 g/mol. The minimum Gasteiger partial charge on any atom is -0.456 e. The zero-order chi connectivity index (χ0) is 16.4. The van der Waals surface area contributed by atoms with Crippen molar-refractivity contribution in [2.75, 3.05) is 0 Å². The highest BCUT2D eigenvalue weighted by Crippen LogP contribution is 2.36. The molecule has 0 saturated heterocycles. The molecule has 1 aromatic carbocycles. The van der Waals surface area contributed by atoms with Gasteiger partial charge in [0.2, 0.25) is 0 Å². The highest BCUT2D eigenvalue weighted by Gasteiger charge is 2.13. The molecule has 0 radical (unpaired) electrons. The summed E-state index contributed by atoms with van der Waals surface area (Å²) in [4.78, 5) is 8.64. The van der Waals surface area contributed by atoms with E-state index in [1.165, 1.54) is 0 Å². The van der Waals surface area contributed by atoms with Crippen molar-refractivity contribution in [2.24, 2.45) is 0 Å². The van der Waals surface area contributed by atoms with E-state index in [0.29, 0.717) is 5.02 Å². The van der Waals surface area contributed by atoms with Crippen LogP contribution in [0.3, 0.4) is 0 Å². The number of hydrogen-bond donors (Lipinski definition) is 0. The van der Waals surface area contributed by atoms with Gasteiger partial charge in [0, 0.05) is 29.7 Å². The Hall–Kier alpha value is -2.30. The molecule has 0 fully saturated rings. The Morgan fingerprint density at radius 2 is 1.96 bits per heavy atom. The quantitative estimate of drug-likeness (QED) is 0.433. The Balaban J connectivity index is 1.70. The van der Waals surface area contributed by atoms with Crippen LogP contribution in [0, 0.1) is 0 Å². The molecule has 0 aliphatic carbocycles. The maximum Gasteiger partial charge on any atom is 0.138 e. The van der Waals surface area contributed by atoms with Crippen LogP contribution in [0.25, 0.3) is 22.3 Å². The first-order valence-corrected chi connectivity index (χ1v) is 8.82. The molecule has 118 valence electrons. The van der Waals surface area contributed by atoms with Crippen LogP contribution in [0.1, 0.15) is 5.56 Å². The minimum absolute atomic E-state index is 0.594. The van der Waals surface area contributed by atoms with Crippen molar-refractivity contribution in [1.29, 1.82) is 0 Å². The SMILES string of the molecule is Clc1cnc(SCc2cccnc2)c(-c2cc3ccccc3o2)c1. The first-order chi connectivity index (χ1) is 11.8. The summed E-state index contributed by atoms with van der Waals surface area (Å²) in [6, 6.07) is 15.9. The lowest BCUT2D eigenvalue weighted by atomic mass is 10.2. The van der Waals surface area contributed by atoms with Crippen molar-refractivity contribution in [3.63, 3.8) is 0 Å². The lowest BCUT2D eigenvalue weighted by Gasteiger charge is -2.06. The average Bonchev–Trinajstić information content (AvgIpc) is 3.05. The van der Waals surface area contributed by atoms with Gasteiger partial charge < -0.3 is 4.42 Å². The van der Waals surface area contributed by atoms with E-state index in [1.807, 2.05) is 48.7 Å². The molecule has 0 spiro atoms. The van der Waals surface area contributed by atoms with E-state index in [-0.39, 0.29) is 0 Å². The number of nitrogens with zero attached hydrogens (tertiary/aromatic N) is 2. The van der Waals surface area contributed by atoms with Crippen molar-refractivity contribution in [3.8, 4) is 11.3 Å². The first kappa shape index (κ1) is 15.2. The highest BCUT2D eigenvalue weighted by atomic mass is 35.5. The summed E-state index contributed by atoms with van der Waals surface area (Å²) in [5.41, 5.74) is 2.91. The van der Waals surface area contributed by atoms with Crippen molar-refractivity contribution < 1.29 is 4.42 Å². The number of furan rings is 1. The fourth-order valence-corrected chi connectivity index (χ4v) is 3.54. The lowest BCUT2D eigenvalue weighted by Crippen LogP contribution is -1.88. The molecule has 0 amide bonds. The smallest absolute Gasteiger partial charge is 0.138 e. The largest absolute Gasteiger partial charge is 0.456 e. The van der Waals surface area contributed by atoms with Crippen LogP contribution in [0.4, 0.5) is 0 Å². The number of rotatable bonds is 4. The molecule has 24 heavy (non-hydrogen) atoms. The van der Waals surface area contributed by atoms with E-state index in [2.05, 4.69) is 16.0 Å². The number of aromatic nitrogens is 2. The Morgan fingerprint density at radius 3 is 2.79 bits per heavy atom. The van der Waals surface area contributed by atoms with Crippen LogP contribution in [0.15, 0.2) is 76.6 Å². The van der Waals surface area contributed by atoms with E-state index >= 15 is 0 Å². The minimum atomic E-state index is 0.594. The topological polar surface area (TPSA) is 38.9 Å². The van der Waals surface area contributed by atoms with Gasteiger partial charge in [-0.25, -0.2) is 4.98 Å². The second kappa shape index (κ2) is 6.67. The second-order valence-corrected chi connectivity index (χ2v) is 6.71. The van der Waals surface area contributed by atoms with Gasteiger partial charge in [-0.05, 0) is 29.8 Å². The standard InChI is InChI=1S/C19H13ClN2OS/c20-15-9-16(18-8-14-5-1-2-6-17(14)23-18)19(22-11-15)24-12-13-4-3-7-21-10-13/h1-11H,12H2. The van der Waals surface area contributed by atoms with Gasteiger partial charge in [0.15, 0.2) is 0 Å². The Bertz CT molecular complexity index is 952. The number of para-hydroxylation sites is 1. The number of thioether (sulfide) groups is 1. The molecule has 4 rings (SSSR count). The number of hydrogen-bond acceptors (Lipinski definition) is 4. The summed E-state index contributed by atoms with van der Waals surface area (Å²) < 4.78 is 5.98. The van der Waals surface area contributed by atoms with Crippen molar-refractivity contribution >= 4 is 34.3 Å². The van der Waals surface area contributed by atoms with Gasteiger partial charge in [-0.3, -0.25) is 4.98 Å². The molecule has 4 aromatic rings. The summed E-state index contributed by atoms with van der Waals surface area (Å²) in [6.45, 7) is 0. The summed E-state index contributed by atoms with van der Waals surface area (Å²) in [6.07, 6.45) is 5.30. The molecular formula is C19H13ClN2OS. The van der Waals surface area contributed by atoms with Gasteiger partial charge in [0.1, 0.15) is 16.4 Å². The summed E-state index contributed by atoms with van der Waals surface area (Å²) in [5.74, 6) is 1.57. The van der Waals surface area contributed by atoms with Crippen LogP contribution in [-0.4, -0.2) is 9.97 Å². The van der Waals surface area contributed by atoms with Crippen molar-refractivity contribution in [1.82, 2.24) is 9.97 Å². The fraction of sp³-hybridized carbons (Fsp3) is 0.0526. The van der Waals surface area contributed by atoms with Crippen molar-refractivity contribution in [2.45, 2.75) is 10.8 Å². The van der Waals surface area contributed by atoms with Gasteiger partial charge in [-0.15, -0.1) is 11.8 Å². The van der Waals surface area contributed by atoms with Crippen LogP contribution < -0.4 is 0 Å². The van der Waals surface area contributed by atoms with E-state index in [4.69, 9.17) is 16.0 Å². The number of halogens is 1. The molecule has 3 heterocycles. The maximum atomic E-state index is 6.16. The predicted octanol–water partition coefficient (Wildman–Crippen LogP) is 5.84. The summed E-state index contributed by atoms with van der Waals surface area (Å²) in [5, 5.41) is 2.55. The van der Waals surface area contributed by atoms with Gasteiger partial charge >= 0.3 is 0 Å². The molecule has 0 bridgehead atoms. The molecule has 0 aliphatic rings. The third-order valence-electron chi connectivity index (χ3n) is 3.61. The highest BCUT2D eigenvalue weighted by molar-refractivity contribution is 7.98. The summed E-state index contributed by atoms with van der Waals surface area (Å²) in [7, 11) is 0. The Labute approximate surface area is 148 Å². The molecule has 5 heteroatoms. The monoisotopic (exact) mass is 352 g/mol. The van der Waals surface area contributed by atoms with Gasteiger partial charge in [-0.2, -0.15) is 0 Å². The number of pyridine rings is 2. The van der Waals surface area contributed by atoms with Gasteiger partial charge in [-0.1, -0.05) is 35.9 Å². The third-order valence-corrected chi connectivity index (χ3v) is 4.89.